The summed E-state index contributed by atoms with van der Waals surface area (Å²) in [5, 5.41) is 6.35. The fourth-order valence-electron chi connectivity index (χ4n) is 3.56. The number of nitrogens with one attached hydrogen (secondary N) is 3. The first kappa shape index (κ1) is 16.8. The highest BCUT2D eigenvalue weighted by Crippen LogP contribution is 2.34. The van der Waals surface area contributed by atoms with Crippen LogP contribution in [-0.4, -0.2) is 51.1 Å². The molecule has 2 heterocycles. The Morgan fingerprint density at radius 1 is 1.24 bits per heavy atom. The van der Waals surface area contributed by atoms with Crippen molar-refractivity contribution in [2.45, 2.75) is 36.2 Å². The molecule has 0 unspecified atom stereocenters. The summed E-state index contributed by atoms with van der Waals surface area (Å²) in [6.45, 7) is 2.52. The van der Waals surface area contributed by atoms with Gasteiger partial charge >= 0.3 is 0 Å². The van der Waals surface area contributed by atoms with E-state index in [4.69, 9.17) is 0 Å². The summed E-state index contributed by atoms with van der Waals surface area (Å²) in [4.78, 5) is 14.4. The Bertz CT molecular complexity index is 768. The number of benzene rings is 1. The topological polar surface area (TPSA) is 90.5 Å². The minimum Gasteiger partial charge on any atom is -0.365 e. The van der Waals surface area contributed by atoms with Crippen LogP contribution < -0.4 is 15.4 Å². The molecular weight excluding hydrogens is 340 g/mol. The van der Waals surface area contributed by atoms with Crippen LogP contribution in [0.15, 0.2) is 29.2 Å². The van der Waals surface area contributed by atoms with E-state index < -0.39 is 15.7 Å². The molecule has 1 aliphatic carbocycles. The van der Waals surface area contributed by atoms with Gasteiger partial charge in [-0.05, 0) is 43.7 Å². The smallest absolute Gasteiger partial charge is 0.244 e. The first-order valence-electron chi connectivity index (χ1n) is 8.86. The molecule has 4 rings (SSSR count). The van der Waals surface area contributed by atoms with Crippen molar-refractivity contribution in [2.24, 2.45) is 5.92 Å². The zero-order valence-corrected chi connectivity index (χ0v) is 14.9. The van der Waals surface area contributed by atoms with Gasteiger partial charge in [-0.3, -0.25) is 9.69 Å². The number of rotatable bonds is 4. The Balaban J connectivity index is 1.37. The fraction of sp³-hybridized carbons (Fsp3) is 0.588. The lowest BCUT2D eigenvalue weighted by molar-refractivity contribution is -0.122. The summed E-state index contributed by atoms with van der Waals surface area (Å²) in [6.07, 6.45) is 3.69. The van der Waals surface area contributed by atoms with Crippen LogP contribution in [0.3, 0.4) is 0 Å². The molecule has 0 atom stereocenters. The Morgan fingerprint density at radius 2 is 1.96 bits per heavy atom. The van der Waals surface area contributed by atoms with Gasteiger partial charge in [-0.1, -0.05) is 12.1 Å². The highest BCUT2D eigenvalue weighted by molar-refractivity contribution is 7.89. The molecule has 1 aromatic rings. The van der Waals surface area contributed by atoms with E-state index in [1.54, 1.807) is 18.2 Å². The molecule has 3 N–H and O–H groups in total. The number of amides is 1. The third kappa shape index (κ3) is 3.65. The van der Waals surface area contributed by atoms with E-state index in [0.717, 1.165) is 6.54 Å². The van der Waals surface area contributed by atoms with Crippen molar-refractivity contribution in [2.75, 3.05) is 31.5 Å². The lowest BCUT2D eigenvalue weighted by Gasteiger charge is -2.45. The Hall–Kier alpha value is -1.64. The van der Waals surface area contributed by atoms with Crippen molar-refractivity contribution < 1.29 is 13.2 Å². The van der Waals surface area contributed by atoms with Crippen LogP contribution >= 0.6 is 0 Å². The van der Waals surface area contributed by atoms with Gasteiger partial charge in [0.15, 0.2) is 0 Å². The van der Waals surface area contributed by atoms with Crippen LogP contribution in [0, 0.1) is 5.92 Å². The first-order chi connectivity index (χ1) is 12.0. The molecule has 7 nitrogen and oxygen atoms in total. The molecule has 0 radical (unpaired) electrons. The number of carbonyl (C=O) groups is 1. The number of piperidine rings is 1. The van der Waals surface area contributed by atoms with Gasteiger partial charge in [0, 0.05) is 19.6 Å². The van der Waals surface area contributed by atoms with E-state index in [0.29, 0.717) is 49.0 Å². The zero-order valence-electron chi connectivity index (χ0n) is 14.1. The molecule has 1 aromatic carbocycles. The van der Waals surface area contributed by atoms with Crippen LogP contribution in [-0.2, 0) is 14.8 Å². The average Bonchev–Trinajstić information content (AvgIpc) is 3.39. The molecular formula is C17H24N4O3S. The van der Waals surface area contributed by atoms with Crippen LogP contribution in [0.1, 0.15) is 25.7 Å². The molecule has 2 aliphatic heterocycles. The normalized spacial score (nSPS) is 24.3. The second-order valence-corrected chi connectivity index (χ2v) is 8.98. The number of carbonyl (C=O) groups excluding carboxylic acids is 1. The first-order valence-corrected chi connectivity index (χ1v) is 10.3. The standard InChI is InChI=1S/C17H24N4O3S/c22-16(18-11-13-5-6-13)12-21-9-7-17(8-10-21)19-14-3-1-2-4-15(14)25(23,24)20-17/h1-4,13,19-20H,5-12H2,(H,18,22). The summed E-state index contributed by atoms with van der Waals surface area (Å²) in [7, 11) is -3.51. The molecule has 3 aliphatic rings. The number of anilines is 1. The fourth-order valence-corrected chi connectivity index (χ4v) is 5.10. The van der Waals surface area contributed by atoms with Crippen LogP contribution in [0.25, 0.3) is 0 Å². The van der Waals surface area contributed by atoms with Gasteiger partial charge in [0.1, 0.15) is 10.6 Å². The van der Waals surface area contributed by atoms with Gasteiger partial charge in [-0.2, -0.15) is 4.72 Å². The highest BCUT2D eigenvalue weighted by atomic mass is 32.2. The van der Waals surface area contributed by atoms with E-state index in [2.05, 4.69) is 20.3 Å². The Kier molecular flexibility index (Phi) is 4.21. The molecule has 1 amide bonds. The van der Waals surface area contributed by atoms with Gasteiger partial charge in [0.25, 0.3) is 0 Å². The summed E-state index contributed by atoms with van der Waals surface area (Å²) < 4.78 is 27.9. The third-order valence-corrected chi connectivity index (χ3v) is 6.84. The SMILES string of the molecule is O=C(CN1CCC2(CC1)Nc1ccccc1S(=O)(=O)N2)NCC1CC1. The van der Waals surface area contributed by atoms with Crippen molar-refractivity contribution >= 4 is 21.6 Å². The van der Waals surface area contributed by atoms with Gasteiger partial charge < -0.3 is 10.6 Å². The van der Waals surface area contributed by atoms with Crippen molar-refractivity contribution in [1.29, 1.82) is 0 Å². The van der Waals surface area contributed by atoms with Crippen LogP contribution in [0.5, 0.6) is 0 Å². The number of hydrogen-bond donors (Lipinski definition) is 3. The predicted molar refractivity (Wildman–Crippen MR) is 94.5 cm³/mol. The summed E-state index contributed by atoms with van der Waals surface area (Å²) in [5.74, 6) is 0.736. The molecule has 0 bridgehead atoms. The minimum atomic E-state index is -3.51. The number of sulfonamides is 1. The maximum atomic E-state index is 12.5. The van der Waals surface area contributed by atoms with Gasteiger partial charge in [0.2, 0.25) is 15.9 Å². The lowest BCUT2D eigenvalue weighted by Crippen LogP contribution is -2.62. The number of likely N-dealkylation sites (tertiary alicyclic amines) is 1. The largest absolute Gasteiger partial charge is 0.365 e. The average molecular weight is 364 g/mol. The van der Waals surface area contributed by atoms with Crippen LogP contribution in [0.4, 0.5) is 5.69 Å². The zero-order chi connectivity index (χ0) is 17.5. The molecule has 1 saturated carbocycles. The van der Waals surface area contributed by atoms with E-state index in [9.17, 15) is 13.2 Å². The number of para-hydroxylation sites is 1. The Morgan fingerprint density at radius 3 is 2.68 bits per heavy atom. The molecule has 2 fully saturated rings. The molecule has 1 spiro atoms. The van der Waals surface area contributed by atoms with E-state index in [1.165, 1.54) is 12.8 Å². The Labute approximate surface area is 148 Å². The summed E-state index contributed by atoms with van der Waals surface area (Å²) in [5.41, 5.74) is -0.00867. The maximum absolute atomic E-state index is 12.5. The second kappa shape index (κ2) is 6.26. The number of nitrogens with zero attached hydrogens (tertiary/aromatic N) is 1. The number of hydrogen-bond acceptors (Lipinski definition) is 5. The quantitative estimate of drug-likeness (QED) is 0.732. The molecule has 1 saturated heterocycles. The predicted octanol–water partition coefficient (Wildman–Crippen LogP) is 0.709. The van der Waals surface area contributed by atoms with Crippen molar-refractivity contribution in [3.05, 3.63) is 24.3 Å². The number of fused-ring (bicyclic) bond motifs is 1. The highest BCUT2D eigenvalue weighted by Gasteiger charge is 2.43. The van der Waals surface area contributed by atoms with Gasteiger partial charge in [-0.15, -0.1) is 0 Å². The van der Waals surface area contributed by atoms with E-state index in [-0.39, 0.29) is 5.91 Å². The van der Waals surface area contributed by atoms with Crippen molar-refractivity contribution in [3.8, 4) is 0 Å². The summed E-state index contributed by atoms with van der Waals surface area (Å²) >= 11 is 0. The van der Waals surface area contributed by atoms with E-state index >= 15 is 0 Å². The van der Waals surface area contributed by atoms with Gasteiger partial charge in [-0.25, -0.2) is 8.42 Å². The van der Waals surface area contributed by atoms with Crippen LogP contribution in [0.2, 0.25) is 0 Å². The maximum Gasteiger partial charge on any atom is 0.244 e. The third-order valence-electron chi connectivity index (χ3n) is 5.24. The molecule has 136 valence electrons. The van der Waals surface area contributed by atoms with Crippen molar-refractivity contribution in [3.63, 3.8) is 0 Å². The van der Waals surface area contributed by atoms with E-state index in [1.807, 2.05) is 6.07 Å². The molecule has 8 heteroatoms. The second-order valence-electron chi connectivity index (χ2n) is 7.33. The monoisotopic (exact) mass is 364 g/mol. The van der Waals surface area contributed by atoms with Crippen molar-refractivity contribution in [1.82, 2.24) is 14.9 Å². The minimum absolute atomic E-state index is 0.0605. The van der Waals surface area contributed by atoms with Gasteiger partial charge in [0.05, 0.1) is 12.2 Å². The molecule has 25 heavy (non-hydrogen) atoms. The lowest BCUT2D eigenvalue weighted by atomic mass is 9.97. The molecule has 0 aromatic heterocycles. The summed E-state index contributed by atoms with van der Waals surface area (Å²) in [6, 6.07) is 6.96.